The number of hydrogen-bond acceptors (Lipinski definition) is 5. The standard InChI is InChI=1S/C16H16FN5OS/c1-8(2)19-14(23)11-7-24-15(20-11)13-12(21-16(18)22-13)9-3-5-10(17)6-4-9/h3-8H,1-2H3,(H,19,23)(H3,18,21,22). The summed E-state index contributed by atoms with van der Waals surface area (Å²) in [6.45, 7) is 3.76. The van der Waals surface area contributed by atoms with Gasteiger partial charge < -0.3 is 16.0 Å². The quantitative estimate of drug-likeness (QED) is 0.677. The second kappa shape index (κ2) is 6.40. The Hall–Kier alpha value is -2.74. The number of hydrogen-bond donors (Lipinski definition) is 3. The number of nitrogens with two attached hydrogens (primary N) is 1. The molecule has 2 aromatic heterocycles. The molecular weight excluding hydrogens is 329 g/mol. The first-order valence-corrected chi connectivity index (χ1v) is 8.20. The molecule has 8 heteroatoms. The van der Waals surface area contributed by atoms with Crippen LogP contribution in [0.15, 0.2) is 29.6 Å². The smallest absolute Gasteiger partial charge is 0.270 e. The van der Waals surface area contributed by atoms with Crippen molar-refractivity contribution in [2.24, 2.45) is 0 Å². The summed E-state index contributed by atoms with van der Waals surface area (Å²) in [6.07, 6.45) is 0. The van der Waals surface area contributed by atoms with Crippen LogP contribution in [0.3, 0.4) is 0 Å². The average Bonchev–Trinajstić information content (AvgIpc) is 3.14. The lowest BCUT2D eigenvalue weighted by Gasteiger charge is -2.05. The molecule has 6 nitrogen and oxygen atoms in total. The molecule has 0 spiro atoms. The van der Waals surface area contributed by atoms with Gasteiger partial charge in [0.15, 0.2) is 5.95 Å². The third kappa shape index (κ3) is 3.28. The number of nitrogen functional groups attached to an aromatic ring is 1. The minimum Gasteiger partial charge on any atom is -0.369 e. The van der Waals surface area contributed by atoms with Crippen molar-refractivity contribution in [3.63, 3.8) is 0 Å². The van der Waals surface area contributed by atoms with Crippen LogP contribution in [0, 0.1) is 5.82 Å². The fourth-order valence-electron chi connectivity index (χ4n) is 2.19. The highest BCUT2D eigenvalue weighted by molar-refractivity contribution is 7.13. The van der Waals surface area contributed by atoms with Crippen molar-refractivity contribution >= 4 is 23.2 Å². The largest absolute Gasteiger partial charge is 0.369 e. The topological polar surface area (TPSA) is 96.7 Å². The first-order valence-electron chi connectivity index (χ1n) is 7.32. The molecule has 24 heavy (non-hydrogen) atoms. The fourth-order valence-corrected chi connectivity index (χ4v) is 2.99. The normalized spacial score (nSPS) is 11.0. The van der Waals surface area contributed by atoms with Gasteiger partial charge in [-0.15, -0.1) is 11.3 Å². The lowest BCUT2D eigenvalue weighted by atomic mass is 10.1. The first-order chi connectivity index (χ1) is 11.4. The summed E-state index contributed by atoms with van der Waals surface area (Å²) in [5.74, 6) is -0.332. The van der Waals surface area contributed by atoms with Crippen LogP contribution >= 0.6 is 11.3 Å². The van der Waals surface area contributed by atoms with E-state index in [0.717, 1.165) is 0 Å². The zero-order valence-electron chi connectivity index (χ0n) is 13.1. The Morgan fingerprint density at radius 3 is 2.67 bits per heavy atom. The van der Waals surface area contributed by atoms with Gasteiger partial charge in [-0.1, -0.05) is 0 Å². The molecule has 3 rings (SSSR count). The molecule has 1 aromatic carbocycles. The number of carbonyl (C=O) groups excluding carboxylic acids is 1. The van der Waals surface area contributed by atoms with E-state index in [0.29, 0.717) is 27.7 Å². The number of anilines is 1. The summed E-state index contributed by atoms with van der Waals surface area (Å²) in [4.78, 5) is 23.6. The van der Waals surface area contributed by atoms with Crippen LogP contribution < -0.4 is 11.1 Å². The molecule has 3 aromatic rings. The Morgan fingerprint density at radius 1 is 1.29 bits per heavy atom. The number of nitrogens with one attached hydrogen (secondary N) is 2. The van der Waals surface area contributed by atoms with Crippen LogP contribution in [0.5, 0.6) is 0 Å². The lowest BCUT2D eigenvalue weighted by Crippen LogP contribution is -2.30. The Balaban J connectivity index is 1.97. The molecule has 0 aliphatic heterocycles. The number of H-pyrrole nitrogens is 1. The van der Waals surface area contributed by atoms with Crippen molar-refractivity contribution in [3.05, 3.63) is 41.2 Å². The predicted octanol–water partition coefficient (Wildman–Crippen LogP) is 3.06. The minimum absolute atomic E-state index is 0.0280. The van der Waals surface area contributed by atoms with E-state index in [4.69, 9.17) is 5.73 Å². The molecule has 0 fully saturated rings. The zero-order chi connectivity index (χ0) is 17.3. The van der Waals surface area contributed by atoms with Gasteiger partial charge in [0.05, 0.1) is 0 Å². The van der Waals surface area contributed by atoms with Crippen LogP contribution in [-0.2, 0) is 0 Å². The number of benzene rings is 1. The van der Waals surface area contributed by atoms with Gasteiger partial charge in [-0.2, -0.15) is 0 Å². The predicted molar refractivity (Wildman–Crippen MR) is 92.1 cm³/mol. The molecule has 0 radical (unpaired) electrons. The summed E-state index contributed by atoms with van der Waals surface area (Å²) in [7, 11) is 0. The van der Waals surface area contributed by atoms with Crippen LogP contribution in [-0.4, -0.2) is 26.9 Å². The van der Waals surface area contributed by atoms with Gasteiger partial charge in [-0.25, -0.2) is 14.4 Å². The number of amides is 1. The highest BCUT2D eigenvalue weighted by Crippen LogP contribution is 2.32. The van der Waals surface area contributed by atoms with Crippen molar-refractivity contribution in [2.45, 2.75) is 19.9 Å². The summed E-state index contributed by atoms with van der Waals surface area (Å²) in [5, 5.41) is 5.06. The highest BCUT2D eigenvalue weighted by Gasteiger charge is 2.18. The van der Waals surface area contributed by atoms with Crippen molar-refractivity contribution in [1.29, 1.82) is 0 Å². The SMILES string of the molecule is CC(C)NC(=O)c1csc(-c2[nH]c(N)nc2-c2ccc(F)cc2)n1. The molecule has 2 heterocycles. The van der Waals surface area contributed by atoms with Gasteiger partial charge in [0.2, 0.25) is 0 Å². The number of aromatic nitrogens is 3. The second-order valence-electron chi connectivity index (χ2n) is 5.52. The van der Waals surface area contributed by atoms with Crippen LogP contribution in [0.1, 0.15) is 24.3 Å². The summed E-state index contributed by atoms with van der Waals surface area (Å²) in [6, 6.07) is 5.98. The van der Waals surface area contributed by atoms with Crippen LogP contribution in [0.2, 0.25) is 0 Å². The van der Waals surface area contributed by atoms with Crippen molar-refractivity contribution < 1.29 is 9.18 Å². The van der Waals surface area contributed by atoms with Crippen LogP contribution in [0.25, 0.3) is 22.0 Å². The Kier molecular flexibility index (Phi) is 4.30. The Bertz CT molecular complexity index is 869. The van der Waals surface area contributed by atoms with E-state index in [1.165, 1.54) is 23.5 Å². The maximum Gasteiger partial charge on any atom is 0.270 e. The van der Waals surface area contributed by atoms with E-state index < -0.39 is 0 Å². The fraction of sp³-hybridized carbons (Fsp3) is 0.188. The molecule has 0 unspecified atom stereocenters. The van der Waals surface area contributed by atoms with Crippen molar-refractivity contribution in [1.82, 2.24) is 20.3 Å². The molecule has 1 amide bonds. The van der Waals surface area contributed by atoms with Gasteiger partial charge in [-0.3, -0.25) is 4.79 Å². The van der Waals surface area contributed by atoms with E-state index in [1.54, 1.807) is 17.5 Å². The monoisotopic (exact) mass is 345 g/mol. The molecule has 0 aliphatic carbocycles. The number of carbonyl (C=O) groups is 1. The summed E-state index contributed by atoms with van der Waals surface area (Å²) in [5.41, 5.74) is 7.99. The molecule has 0 saturated carbocycles. The van der Waals surface area contributed by atoms with Gasteiger partial charge >= 0.3 is 0 Å². The van der Waals surface area contributed by atoms with E-state index in [1.807, 2.05) is 13.8 Å². The maximum absolute atomic E-state index is 13.1. The number of halogens is 1. The maximum atomic E-state index is 13.1. The van der Waals surface area contributed by atoms with Gasteiger partial charge in [0.1, 0.15) is 27.9 Å². The minimum atomic E-state index is -0.328. The van der Waals surface area contributed by atoms with Crippen molar-refractivity contribution in [2.75, 3.05) is 5.73 Å². The molecule has 0 bridgehead atoms. The second-order valence-corrected chi connectivity index (χ2v) is 6.38. The number of rotatable bonds is 4. The molecule has 0 atom stereocenters. The Labute approximate surface area is 142 Å². The molecule has 0 saturated heterocycles. The number of nitrogens with zero attached hydrogens (tertiary/aromatic N) is 2. The third-order valence-electron chi connectivity index (χ3n) is 3.21. The molecule has 0 aliphatic rings. The van der Waals surface area contributed by atoms with Gasteiger partial charge in [-0.05, 0) is 38.1 Å². The average molecular weight is 345 g/mol. The van der Waals surface area contributed by atoms with Crippen LogP contribution in [0.4, 0.5) is 10.3 Å². The van der Waals surface area contributed by atoms with E-state index >= 15 is 0 Å². The molecule has 4 N–H and O–H groups in total. The molecular formula is C16H16FN5OS. The van der Waals surface area contributed by atoms with Gasteiger partial charge in [0.25, 0.3) is 5.91 Å². The summed E-state index contributed by atoms with van der Waals surface area (Å²) < 4.78 is 13.1. The van der Waals surface area contributed by atoms with Crippen molar-refractivity contribution in [3.8, 4) is 22.0 Å². The number of imidazole rings is 1. The molecule has 124 valence electrons. The van der Waals surface area contributed by atoms with Gasteiger partial charge in [0, 0.05) is 17.0 Å². The first kappa shape index (κ1) is 16.1. The van der Waals surface area contributed by atoms with E-state index in [-0.39, 0.29) is 23.7 Å². The van der Waals surface area contributed by atoms with E-state index in [9.17, 15) is 9.18 Å². The Morgan fingerprint density at radius 2 is 2.00 bits per heavy atom. The van der Waals surface area contributed by atoms with E-state index in [2.05, 4.69) is 20.3 Å². The lowest BCUT2D eigenvalue weighted by molar-refractivity contribution is 0.0939. The third-order valence-corrected chi connectivity index (χ3v) is 4.07. The number of thiazole rings is 1. The number of aromatic amines is 1. The zero-order valence-corrected chi connectivity index (χ0v) is 13.9. The highest BCUT2D eigenvalue weighted by atomic mass is 32.1. The summed E-state index contributed by atoms with van der Waals surface area (Å²) >= 11 is 1.31.